The third-order valence-corrected chi connectivity index (χ3v) is 3.95. The lowest BCUT2D eigenvalue weighted by Gasteiger charge is -2.23. The molecule has 1 aromatic heterocycles. The van der Waals surface area contributed by atoms with Crippen LogP contribution in [0.15, 0.2) is 42.7 Å². The first kappa shape index (κ1) is 17.7. The molecule has 0 aliphatic heterocycles. The molecule has 0 aliphatic carbocycles. The van der Waals surface area contributed by atoms with Gasteiger partial charge in [-0.05, 0) is 56.5 Å². The second-order valence-corrected chi connectivity index (χ2v) is 6.44. The predicted octanol–water partition coefficient (Wildman–Crippen LogP) is 2.98. The maximum absolute atomic E-state index is 12.6. The van der Waals surface area contributed by atoms with Crippen molar-refractivity contribution in [3.63, 3.8) is 0 Å². The number of hydrogen-bond acceptors (Lipinski definition) is 3. The normalized spacial score (nSPS) is 11.0. The minimum atomic E-state index is -1.18. The van der Waals surface area contributed by atoms with E-state index in [1.807, 2.05) is 38.1 Å². The third-order valence-electron chi connectivity index (χ3n) is 3.95. The van der Waals surface area contributed by atoms with E-state index in [1.54, 1.807) is 32.3 Å². The van der Waals surface area contributed by atoms with Crippen molar-refractivity contribution >= 4 is 17.5 Å². The van der Waals surface area contributed by atoms with Crippen molar-refractivity contribution in [1.82, 2.24) is 10.3 Å². The SMILES string of the molecule is Cc1ccc(C)c(NC(=O)C(C)(C)C(=O)NCc2cccnc2)c1. The number of nitrogens with zero attached hydrogens (tertiary/aromatic N) is 1. The number of aryl methyl sites for hydroxylation is 2. The molecule has 126 valence electrons. The second-order valence-electron chi connectivity index (χ2n) is 6.44. The molecule has 2 rings (SSSR count). The van der Waals surface area contributed by atoms with Gasteiger partial charge < -0.3 is 10.6 Å². The molecule has 0 fully saturated rings. The van der Waals surface area contributed by atoms with Gasteiger partial charge in [0.05, 0.1) is 0 Å². The molecule has 0 atom stereocenters. The molecular weight excluding hydrogens is 302 g/mol. The van der Waals surface area contributed by atoms with Gasteiger partial charge in [0.15, 0.2) is 0 Å². The lowest BCUT2D eigenvalue weighted by atomic mass is 9.90. The molecule has 0 bridgehead atoms. The van der Waals surface area contributed by atoms with Crippen LogP contribution in [0, 0.1) is 19.3 Å². The van der Waals surface area contributed by atoms with Crippen molar-refractivity contribution in [1.29, 1.82) is 0 Å². The zero-order valence-electron chi connectivity index (χ0n) is 14.5. The van der Waals surface area contributed by atoms with E-state index in [0.717, 1.165) is 22.4 Å². The summed E-state index contributed by atoms with van der Waals surface area (Å²) >= 11 is 0. The highest BCUT2D eigenvalue weighted by atomic mass is 16.2. The van der Waals surface area contributed by atoms with Crippen LogP contribution in [0.2, 0.25) is 0 Å². The molecule has 2 N–H and O–H groups in total. The average Bonchev–Trinajstić information content (AvgIpc) is 2.56. The highest BCUT2D eigenvalue weighted by Crippen LogP contribution is 2.22. The number of rotatable bonds is 5. The van der Waals surface area contributed by atoms with Crippen LogP contribution in [0.1, 0.15) is 30.5 Å². The number of nitrogens with one attached hydrogen (secondary N) is 2. The largest absolute Gasteiger partial charge is 0.351 e. The van der Waals surface area contributed by atoms with E-state index in [-0.39, 0.29) is 11.8 Å². The Kier molecular flexibility index (Phi) is 5.34. The molecule has 0 aliphatic rings. The number of pyridine rings is 1. The summed E-state index contributed by atoms with van der Waals surface area (Å²) in [6.07, 6.45) is 3.36. The van der Waals surface area contributed by atoms with Crippen molar-refractivity contribution in [2.24, 2.45) is 5.41 Å². The molecule has 24 heavy (non-hydrogen) atoms. The summed E-state index contributed by atoms with van der Waals surface area (Å²) in [5.74, 6) is -0.658. The van der Waals surface area contributed by atoms with Gasteiger partial charge in [-0.3, -0.25) is 14.6 Å². The van der Waals surface area contributed by atoms with E-state index in [2.05, 4.69) is 15.6 Å². The van der Waals surface area contributed by atoms with Crippen molar-refractivity contribution in [2.45, 2.75) is 34.2 Å². The maximum Gasteiger partial charge on any atom is 0.239 e. The Morgan fingerprint density at radius 1 is 1.12 bits per heavy atom. The van der Waals surface area contributed by atoms with Crippen LogP contribution < -0.4 is 10.6 Å². The van der Waals surface area contributed by atoms with Gasteiger partial charge in [-0.1, -0.05) is 18.2 Å². The lowest BCUT2D eigenvalue weighted by Crippen LogP contribution is -2.45. The fraction of sp³-hybridized carbons (Fsp3) is 0.316. The van der Waals surface area contributed by atoms with Crippen molar-refractivity contribution in [3.05, 3.63) is 59.4 Å². The molecule has 5 heteroatoms. The molecule has 0 unspecified atom stereocenters. The minimum Gasteiger partial charge on any atom is -0.351 e. The molecule has 2 amide bonds. The van der Waals surface area contributed by atoms with E-state index >= 15 is 0 Å². The first-order valence-corrected chi connectivity index (χ1v) is 7.86. The van der Waals surface area contributed by atoms with Crippen molar-refractivity contribution < 1.29 is 9.59 Å². The summed E-state index contributed by atoms with van der Waals surface area (Å²) < 4.78 is 0. The summed E-state index contributed by atoms with van der Waals surface area (Å²) in [6, 6.07) is 9.50. The Hall–Kier alpha value is -2.69. The summed E-state index contributed by atoms with van der Waals surface area (Å²) in [6.45, 7) is 7.45. The molecule has 0 radical (unpaired) electrons. The van der Waals surface area contributed by atoms with Crippen molar-refractivity contribution in [3.8, 4) is 0 Å². The highest BCUT2D eigenvalue weighted by molar-refractivity contribution is 6.10. The standard InChI is InChI=1S/C19H23N3O2/c1-13-7-8-14(2)16(10-13)22-18(24)19(3,4)17(23)21-12-15-6-5-9-20-11-15/h5-11H,12H2,1-4H3,(H,21,23)(H,22,24). The van der Waals surface area contributed by atoms with Crippen LogP contribution in [0.5, 0.6) is 0 Å². The fourth-order valence-electron chi connectivity index (χ4n) is 2.16. The Morgan fingerprint density at radius 2 is 1.88 bits per heavy atom. The number of anilines is 1. The zero-order chi connectivity index (χ0) is 17.7. The van der Waals surface area contributed by atoms with E-state index in [1.165, 1.54) is 0 Å². The average molecular weight is 325 g/mol. The molecule has 5 nitrogen and oxygen atoms in total. The Labute approximate surface area is 142 Å². The van der Waals surface area contributed by atoms with E-state index in [4.69, 9.17) is 0 Å². The predicted molar refractivity (Wildman–Crippen MR) is 94.4 cm³/mol. The topological polar surface area (TPSA) is 71.1 Å². The minimum absolute atomic E-state index is 0.325. The van der Waals surface area contributed by atoms with Crippen LogP contribution in [-0.4, -0.2) is 16.8 Å². The van der Waals surface area contributed by atoms with Gasteiger partial charge in [-0.2, -0.15) is 0 Å². The van der Waals surface area contributed by atoms with Crippen molar-refractivity contribution in [2.75, 3.05) is 5.32 Å². The van der Waals surface area contributed by atoms with Gasteiger partial charge >= 0.3 is 0 Å². The van der Waals surface area contributed by atoms with E-state index in [9.17, 15) is 9.59 Å². The molecule has 0 spiro atoms. The Morgan fingerprint density at radius 3 is 2.54 bits per heavy atom. The smallest absolute Gasteiger partial charge is 0.239 e. The van der Waals surface area contributed by atoms with Gasteiger partial charge in [0.2, 0.25) is 11.8 Å². The molecule has 1 heterocycles. The van der Waals surface area contributed by atoms with Gasteiger partial charge in [0, 0.05) is 24.6 Å². The van der Waals surface area contributed by atoms with Gasteiger partial charge in [0.1, 0.15) is 5.41 Å². The van der Waals surface area contributed by atoms with E-state index < -0.39 is 5.41 Å². The molecule has 2 aromatic rings. The number of carbonyl (C=O) groups is 2. The third kappa shape index (κ3) is 4.19. The summed E-state index contributed by atoms with van der Waals surface area (Å²) in [7, 11) is 0. The van der Waals surface area contributed by atoms with Gasteiger partial charge in [-0.15, -0.1) is 0 Å². The Balaban J connectivity index is 2.03. The first-order chi connectivity index (χ1) is 11.3. The quantitative estimate of drug-likeness (QED) is 0.830. The van der Waals surface area contributed by atoms with Crippen LogP contribution in [0.4, 0.5) is 5.69 Å². The van der Waals surface area contributed by atoms with E-state index in [0.29, 0.717) is 6.54 Å². The molecule has 0 saturated heterocycles. The van der Waals surface area contributed by atoms with Gasteiger partial charge in [0.25, 0.3) is 0 Å². The number of hydrogen-bond donors (Lipinski definition) is 2. The van der Waals surface area contributed by atoms with Gasteiger partial charge in [-0.25, -0.2) is 0 Å². The maximum atomic E-state index is 12.6. The summed E-state index contributed by atoms with van der Waals surface area (Å²) in [5, 5.41) is 5.65. The second kappa shape index (κ2) is 7.25. The van der Waals surface area contributed by atoms with Crippen LogP contribution in [0.3, 0.4) is 0 Å². The molecule has 1 aromatic carbocycles. The van der Waals surface area contributed by atoms with Crippen LogP contribution >= 0.6 is 0 Å². The monoisotopic (exact) mass is 325 g/mol. The lowest BCUT2D eigenvalue weighted by molar-refractivity contribution is -0.138. The Bertz CT molecular complexity index is 740. The van der Waals surface area contributed by atoms with Crippen LogP contribution in [-0.2, 0) is 16.1 Å². The fourth-order valence-corrected chi connectivity index (χ4v) is 2.16. The molecule has 0 saturated carbocycles. The van der Waals surface area contributed by atoms with Crippen LogP contribution in [0.25, 0.3) is 0 Å². The highest BCUT2D eigenvalue weighted by Gasteiger charge is 2.36. The summed E-state index contributed by atoms with van der Waals surface area (Å²) in [5.41, 5.74) is 2.44. The summed E-state index contributed by atoms with van der Waals surface area (Å²) in [4.78, 5) is 29.0. The number of carbonyl (C=O) groups excluding carboxylic acids is 2. The first-order valence-electron chi connectivity index (χ1n) is 7.86. The zero-order valence-corrected chi connectivity index (χ0v) is 14.5. The molecular formula is C19H23N3O2. The number of aromatic nitrogens is 1. The number of amides is 2. The number of benzene rings is 1.